The van der Waals surface area contributed by atoms with Crippen LogP contribution in [0.15, 0.2) is 12.3 Å². The third-order valence-corrected chi connectivity index (χ3v) is 2.47. The minimum atomic E-state index is 0.494. The van der Waals surface area contributed by atoms with Crippen molar-refractivity contribution in [2.75, 3.05) is 0 Å². The molecule has 0 aromatic carbocycles. The maximum atomic E-state index is 5.58. The standard InChI is InChI=1S/C8H10N4S/c1-12-7-6(11-8(12)13)5(4-9)2-3-10-7/h2-3H,4,9H2,1H3,(H,11,13). The quantitative estimate of drug-likeness (QED) is 0.668. The van der Waals surface area contributed by atoms with Crippen LogP contribution in [-0.4, -0.2) is 14.5 Å². The van der Waals surface area contributed by atoms with E-state index < -0.39 is 0 Å². The fraction of sp³-hybridized carbons (Fsp3) is 0.250. The van der Waals surface area contributed by atoms with E-state index >= 15 is 0 Å². The minimum Gasteiger partial charge on any atom is -0.329 e. The molecule has 2 aromatic rings. The Morgan fingerprint density at radius 3 is 3.15 bits per heavy atom. The predicted octanol–water partition coefficient (Wildman–Crippen LogP) is 1.09. The van der Waals surface area contributed by atoms with E-state index in [0.29, 0.717) is 11.3 Å². The monoisotopic (exact) mass is 194 g/mol. The number of fused-ring (bicyclic) bond motifs is 1. The highest BCUT2D eigenvalue weighted by molar-refractivity contribution is 7.71. The molecular weight excluding hydrogens is 184 g/mol. The molecule has 0 saturated carbocycles. The average Bonchev–Trinajstić information content (AvgIpc) is 2.43. The fourth-order valence-corrected chi connectivity index (χ4v) is 1.53. The third kappa shape index (κ3) is 1.16. The van der Waals surface area contributed by atoms with Crippen LogP contribution in [0.5, 0.6) is 0 Å². The molecule has 0 aliphatic carbocycles. The first-order valence-electron chi connectivity index (χ1n) is 3.96. The van der Waals surface area contributed by atoms with Gasteiger partial charge in [0.25, 0.3) is 0 Å². The van der Waals surface area contributed by atoms with Crippen molar-refractivity contribution >= 4 is 23.4 Å². The molecule has 0 amide bonds. The van der Waals surface area contributed by atoms with E-state index in [0.717, 1.165) is 16.7 Å². The number of nitrogens with two attached hydrogens (primary N) is 1. The molecule has 0 atom stereocenters. The normalized spacial score (nSPS) is 10.9. The Hall–Kier alpha value is -1.20. The highest BCUT2D eigenvalue weighted by Gasteiger charge is 2.04. The van der Waals surface area contributed by atoms with Gasteiger partial charge in [-0.2, -0.15) is 0 Å². The Morgan fingerprint density at radius 1 is 1.69 bits per heavy atom. The van der Waals surface area contributed by atoms with E-state index in [9.17, 15) is 0 Å². The maximum Gasteiger partial charge on any atom is 0.179 e. The van der Waals surface area contributed by atoms with Gasteiger partial charge in [0.1, 0.15) is 0 Å². The zero-order valence-electron chi connectivity index (χ0n) is 7.24. The van der Waals surface area contributed by atoms with Gasteiger partial charge in [-0.3, -0.25) is 0 Å². The number of H-pyrrole nitrogens is 1. The van der Waals surface area contributed by atoms with Gasteiger partial charge in [-0.05, 0) is 23.8 Å². The first kappa shape index (κ1) is 8.40. The van der Waals surface area contributed by atoms with Crippen molar-refractivity contribution in [3.8, 4) is 0 Å². The first-order valence-corrected chi connectivity index (χ1v) is 4.37. The number of hydrogen-bond donors (Lipinski definition) is 2. The Morgan fingerprint density at radius 2 is 2.46 bits per heavy atom. The molecule has 13 heavy (non-hydrogen) atoms. The highest BCUT2D eigenvalue weighted by Crippen LogP contribution is 2.13. The summed E-state index contributed by atoms with van der Waals surface area (Å²) < 4.78 is 2.51. The number of aromatic amines is 1. The number of hydrogen-bond acceptors (Lipinski definition) is 3. The second-order valence-electron chi connectivity index (χ2n) is 2.86. The molecule has 0 saturated heterocycles. The van der Waals surface area contributed by atoms with E-state index in [1.165, 1.54) is 0 Å². The largest absolute Gasteiger partial charge is 0.329 e. The Labute approximate surface area is 80.4 Å². The number of aromatic nitrogens is 3. The lowest BCUT2D eigenvalue weighted by Gasteiger charge is -1.97. The maximum absolute atomic E-state index is 5.58. The minimum absolute atomic E-state index is 0.494. The van der Waals surface area contributed by atoms with Crippen molar-refractivity contribution in [1.29, 1.82) is 0 Å². The lowest BCUT2D eigenvalue weighted by molar-refractivity contribution is 0.911. The summed E-state index contributed by atoms with van der Waals surface area (Å²) in [6.45, 7) is 0.494. The first-order chi connectivity index (χ1) is 6.24. The molecule has 3 N–H and O–H groups in total. The van der Waals surface area contributed by atoms with Crippen LogP contribution in [0.25, 0.3) is 11.2 Å². The molecule has 2 aromatic heterocycles. The zero-order chi connectivity index (χ0) is 9.42. The Kier molecular flexibility index (Phi) is 1.90. The van der Waals surface area contributed by atoms with Gasteiger partial charge in [0.15, 0.2) is 10.4 Å². The molecule has 68 valence electrons. The van der Waals surface area contributed by atoms with Crippen LogP contribution in [-0.2, 0) is 13.6 Å². The molecule has 0 fully saturated rings. The van der Waals surface area contributed by atoms with Crippen molar-refractivity contribution in [3.05, 3.63) is 22.6 Å². The summed E-state index contributed by atoms with van der Waals surface area (Å²) in [4.78, 5) is 7.30. The van der Waals surface area contributed by atoms with Crippen LogP contribution in [0.1, 0.15) is 5.56 Å². The number of aryl methyl sites for hydroxylation is 1. The van der Waals surface area contributed by atoms with E-state index in [4.69, 9.17) is 18.0 Å². The van der Waals surface area contributed by atoms with Crippen LogP contribution < -0.4 is 5.73 Å². The average molecular weight is 194 g/mol. The van der Waals surface area contributed by atoms with Gasteiger partial charge in [0, 0.05) is 19.8 Å². The van der Waals surface area contributed by atoms with Crippen molar-refractivity contribution in [2.24, 2.45) is 12.8 Å². The van der Waals surface area contributed by atoms with E-state index in [2.05, 4.69) is 9.97 Å². The predicted molar refractivity (Wildman–Crippen MR) is 53.8 cm³/mol. The van der Waals surface area contributed by atoms with Crippen LogP contribution in [0.3, 0.4) is 0 Å². The van der Waals surface area contributed by atoms with Gasteiger partial charge in [0.05, 0.1) is 5.52 Å². The van der Waals surface area contributed by atoms with Crippen LogP contribution in [0.4, 0.5) is 0 Å². The number of pyridine rings is 1. The molecule has 0 radical (unpaired) electrons. The summed E-state index contributed by atoms with van der Waals surface area (Å²) in [5.41, 5.74) is 8.42. The molecule has 0 aliphatic rings. The van der Waals surface area contributed by atoms with Gasteiger partial charge in [-0.15, -0.1) is 0 Å². The molecular formula is C8H10N4S. The summed E-state index contributed by atoms with van der Waals surface area (Å²) in [6.07, 6.45) is 1.74. The lowest BCUT2D eigenvalue weighted by Crippen LogP contribution is -1.98. The van der Waals surface area contributed by atoms with Crippen LogP contribution in [0, 0.1) is 4.77 Å². The molecule has 0 unspecified atom stereocenters. The Balaban J connectivity index is 2.92. The fourth-order valence-electron chi connectivity index (χ4n) is 1.34. The van der Waals surface area contributed by atoms with Gasteiger partial charge in [-0.25, -0.2) is 4.98 Å². The molecule has 2 rings (SSSR count). The SMILES string of the molecule is Cn1c(=S)[nH]c2c(CN)ccnc21. The summed E-state index contributed by atoms with van der Waals surface area (Å²) >= 11 is 5.09. The number of rotatable bonds is 1. The molecule has 0 bridgehead atoms. The second-order valence-corrected chi connectivity index (χ2v) is 3.25. The summed E-state index contributed by atoms with van der Waals surface area (Å²) in [6, 6.07) is 1.90. The molecule has 4 nitrogen and oxygen atoms in total. The summed E-state index contributed by atoms with van der Waals surface area (Å²) in [5, 5.41) is 0. The number of nitrogens with one attached hydrogen (secondary N) is 1. The smallest absolute Gasteiger partial charge is 0.179 e. The van der Waals surface area contributed by atoms with Gasteiger partial charge >= 0.3 is 0 Å². The third-order valence-electron chi connectivity index (χ3n) is 2.09. The molecule has 2 heterocycles. The van der Waals surface area contributed by atoms with Gasteiger partial charge < -0.3 is 15.3 Å². The van der Waals surface area contributed by atoms with Crippen molar-refractivity contribution in [1.82, 2.24) is 14.5 Å². The number of nitrogens with zero attached hydrogens (tertiary/aromatic N) is 2. The number of imidazole rings is 1. The van der Waals surface area contributed by atoms with Gasteiger partial charge in [0.2, 0.25) is 0 Å². The highest BCUT2D eigenvalue weighted by atomic mass is 32.1. The van der Waals surface area contributed by atoms with Crippen LogP contribution >= 0.6 is 12.2 Å². The van der Waals surface area contributed by atoms with Crippen LogP contribution in [0.2, 0.25) is 0 Å². The molecule has 0 aliphatic heterocycles. The van der Waals surface area contributed by atoms with E-state index in [1.807, 2.05) is 17.7 Å². The van der Waals surface area contributed by atoms with E-state index in [1.54, 1.807) is 6.20 Å². The van der Waals surface area contributed by atoms with Crippen molar-refractivity contribution in [3.63, 3.8) is 0 Å². The zero-order valence-corrected chi connectivity index (χ0v) is 8.06. The second kappa shape index (κ2) is 2.93. The van der Waals surface area contributed by atoms with Crippen molar-refractivity contribution in [2.45, 2.75) is 6.54 Å². The lowest BCUT2D eigenvalue weighted by atomic mass is 10.2. The topological polar surface area (TPSA) is 59.6 Å². The van der Waals surface area contributed by atoms with Crippen molar-refractivity contribution < 1.29 is 0 Å². The molecule has 5 heteroatoms. The van der Waals surface area contributed by atoms with Gasteiger partial charge in [-0.1, -0.05) is 0 Å². The van der Waals surface area contributed by atoms with E-state index in [-0.39, 0.29) is 0 Å². The summed E-state index contributed by atoms with van der Waals surface area (Å²) in [5.74, 6) is 0. The summed E-state index contributed by atoms with van der Waals surface area (Å²) in [7, 11) is 1.88. The molecule has 0 spiro atoms. The Bertz CT molecular complexity index is 496.